The number of ether oxygens (including phenoxy) is 2. The minimum absolute atomic E-state index is 0.161. The first-order valence-corrected chi connectivity index (χ1v) is 13.7. The summed E-state index contributed by atoms with van der Waals surface area (Å²) in [6.45, 7) is 8.97. The van der Waals surface area contributed by atoms with Gasteiger partial charge in [0.15, 0.2) is 0 Å². The Morgan fingerprint density at radius 1 is 1.00 bits per heavy atom. The number of carbonyl (C=O) groups excluding carboxylic acids is 4. The predicted molar refractivity (Wildman–Crippen MR) is 151 cm³/mol. The third-order valence-corrected chi connectivity index (χ3v) is 6.82. The molecule has 1 fully saturated rings. The molecule has 2 aromatic rings. The van der Waals surface area contributed by atoms with E-state index in [1.54, 1.807) is 25.7 Å². The van der Waals surface area contributed by atoms with E-state index in [4.69, 9.17) is 9.47 Å². The van der Waals surface area contributed by atoms with Crippen molar-refractivity contribution in [2.45, 2.75) is 77.6 Å². The quantitative estimate of drug-likeness (QED) is 0.409. The average molecular weight is 552 g/mol. The Balaban J connectivity index is 2.02. The first-order chi connectivity index (χ1) is 18.9. The molecule has 0 aromatic heterocycles. The van der Waals surface area contributed by atoms with Gasteiger partial charge in [0.2, 0.25) is 11.8 Å². The summed E-state index contributed by atoms with van der Waals surface area (Å²) in [6.07, 6.45) is 1.02. The molecule has 3 amide bonds. The van der Waals surface area contributed by atoms with Crippen molar-refractivity contribution in [2.24, 2.45) is 5.92 Å². The molecule has 4 atom stereocenters. The van der Waals surface area contributed by atoms with Crippen LogP contribution in [-0.2, 0) is 36.7 Å². The number of rotatable bonds is 11. The summed E-state index contributed by atoms with van der Waals surface area (Å²) in [5, 5.41) is 5.40. The molecule has 0 aliphatic heterocycles. The van der Waals surface area contributed by atoms with Crippen molar-refractivity contribution in [3.63, 3.8) is 0 Å². The molecule has 1 saturated carbocycles. The van der Waals surface area contributed by atoms with Gasteiger partial charge >= 0.3 is 12.1 Å². The SMILES string of the molecule is CCc1ccc(C(C(=O)NCC(=O)OC)N(C(=O)C(Cc2ccccc2)NC(=O)OC(C)(C)C)C2CC2C)cc1. The van der Waals surface area contributed by atoms with Crippen molar-refractivity contribution >= 4 is 23.9 Å². The highest BCUT2D eigenvalue weighted by molar-refractivity contribution is 5.93. The van der Waals surface area contributed by atoms with Crippen LogP contribution in [0.25, 0.3) is 0 Å². The number of carbonyl (C=O) groups is 4. The molecule has 40 heavy (non-hydrogen) atoms. The number of benzene rings is 2. The zero-order valence-corrected chi connectivity index (χ0v) is 24.2. The first-order valence-electron chi connectivity index (χ1n) is 13.7. The highest BCUT2D eigenvalue weighted by Crippen LogP contribution is 2.41. The lowest BCUT2D eigenvalue weighted by atomic mass is 9.98. The second kappa shape index (κ2) is 13.5. The van der Waals surface area contributed by atoms with Gasteiger partial charge in [-0.05, 0) is 56.2 Å². The minimum Gasteiger partial charge on any atom is -0.468 e. The maximum Gasteiger partial charge on any atom is 0.408 e. The van der Waals surface area contributed by atoms with Gasteiger partial charge in [-0.15, -0.1) is 0 Å². The number of esters is 1. The Labute approximate surface area is 236 Å². The molecule has 0 bridgehead atoms. The molecule has 3 rings (SSSR count). The molecule has 2 aromatic carbocycles. The fraction of sp³-hybridized carbons (Fsp3) is 0.484. The molecule has 2 N–H and O–H groups in total. The van der Waals surface area contributed by atoms with Gasteiger partial charge in [0.05, 0.1) is 7.11 Å². The van der Waals surface area contributed by atoms with Gasteiger partial charge in [0.1, 0.15) is 24.2 Å². The maximum atomic E-state index is 14.4. The largest absolute Gasteiger partial charge is 0.468 e. The van der Waals surface area contributed by atoms with Gasteiger partial charge in [0, 0.05) is 12.5 Å². The van der Waals surface area contributed by atoms with Gasteiger partial charge < -0.3 is 25.0 Å². The number of aryl methyl sites for hydroxylation is 1. The average Bonchev–Trinajstić information content (AvgIpc) is 3.64. The highest BCUT2D eigenvalue weighted by atomic mass is 16.6. The van der Waals surface area contributed by atoms with Crippen molar-refractivity contribution < 1.29 is 28.7 Å². The van der Waals surface area contributed by atoms with Crippen molar-refractivity contribution in [1.82, 2.24) is 15.5 Å². The standard InChI is InChI=1S/C31H41N3O6/c1-7-21-13-15-23(16-14-21)27(28(36)32-19-26(35)39-6)34(25-17-20(25)2)29(37)24(18-22-11-9-8-10-12-22)33-30(38)40-31(3,4)5/h8-16,20,24-25,27H,7,17-19H2,1-6H3,(H,32,36)(H,33,38). The number of nitrogens with zero attached hydrogens (tertiary/aromatic N) is 1. The second-order valence-corrected chi connectivity index (χ2v) is 11.2. The van der Waals surface area contributed by atoms with Crippen molar-refractivity contribution in [3.8, 4) is 0 Å². The van der Waals surface area contributed by atoms with Crippen LogP contribution >= 0.6 is 0 Å². The van der Waals surface area contributed by atoms with Crippen molar-refractivity contribution in [2.75, 3.05) is 13.7 Å². The summed E-state index contributed by atoms with van der Waals surface area (Å²) in [7, 11) is 1.24. The fourth-order valence-corrected chi connectivity index (χ4v) is 4.55. The van der Waals surface area contributed by atoms with Crippen LogP contribution in [0.5, 0.6) is 0 Å². The zero-order valence-electron chi connectivity index (χ0n) is 24.2. The molecule has 9 heteroatoms. The van der Waals surface area contributed by atoms with Crippen LogP contribution in [0, 0.1) is 5.92 Å². The Hall–Kier alpha value is -3.88. The van der Waals surface area contributed by atoms with E-state index in [0.29, 0.717) is 12.0 Å². The highest BCUT2D eigenvalue weighted by Gasteiger charge is 2.48. The topological polar surface area (TPSA) is 114 Å². The summed E-state index contributed by atoms with van der Waals surface area (Å²) >= 11 is 0. The third kappa shape index (κ3) is 8.56. The Bertz CT molecular complexity index is 1180. The molecule has 1 aliphatic carbocycles. The van der Waals surface area contributed by atoms with Crippen molar-refractivity contribution in [1.29, 1.82) is 0 Å². The van der Waals surface area contributed by atoms with Gasteiger partial charge in [0.25, 0.3) is 0 Å². The summed E-state index contributed by atoms with van der Waals surface area (Å²) in [5.74, 6) is -1.34. The van der Waals surface area contributed by atoms with E-state index in [1.807, 2.05) is 68.4 Å². The Kier molecular flexibility index (Phi) is 10.3. The van der Waals surface area contributed by atoms with Crippen LogP contribution < -0.4 is 10.6 Å². The summed E-state index contributed by atoms with van der Waals surface area (Å²) in [5.41, 5.74) is 1.79. The monoisotopic (exact) mass is 551 g/mol. The van der Waals surface area contributed by atoms with E-state index in [0.717, 1.165) is 17.5 Å². The molecule has 0 radical (unpaired) electrons. The first kappa shape index (κ1) is 30.7. The Morgan fingerprint density at radius 3 is 2.15 bits per heavy atom. The zero-order chi connectivity index (χ0) is 29.4. The predicted octanol–water partition coefficient (Wildman–Crippen LogP) is 3.95. The van der Waals surface area contributed by atoms with Gasteiger partial charge in [-0.1, -0.05) is 68.4 Å². The molecule has 0 spiro atoms. The molecular weight excluding hydrogens is 510 g/mol. The normalized spacial score (nSPS) is 17.6. The number of hydrogen-bond donors (Lipinski definition) is 2. The van der Waals surface area contributed by atoms with E-state index in [9.17, 15) is 19.2 Å². The van der Waals surface area contributed by atoms with Crippen LogP contribution in [0.15, 0.2) is 54.6 Å². The van der Waals surface area contributed by atoms with Crippen LogP contribution in [-0.4, -0.2) is 60.1 Å². The second-order valence-electron chi connectivity index (χ2n) is 11.2. The Morgan fingerprint density at radius 2 is 1.62 bits per heavy atom. The van der Waals surface area contributed by atoms with Gasteiger partial charge in [-0.3, -0.25) is 14.4 Å². The molecule has 0 saturated heterocycles. The molecule has 0 heterocycles. The van der Waals surface area contributed by atoms with Gasteiger partial charge in [-0.25, -0.2) is 4.79 Å². The summed E-state index contributed by atoms with van der Waals surface area (Å²) in [4.78, 5) is 54.3. The lowest BCUT2D eigenvalue weighted by Gasteiger charge is -2.35. The van der Waals surface area contributed by atoms with Crippen LogP contribution in [0.1, 0.15) is 63.8 Å². The molecule has 216 valence electrons. The summed E-state index contributed by atoms with van der Waals surface area (Å²) < 4.78 is 10.2. The number of hydrogen-bond acceptors (Lipinski definition) is 6. The maximum absolute atomic E-state index is 14.4. The fourth-order valence-electron chi connectivity index (χ4n) is 4.55. The third-order valence-electron chi connectivity index (χ3n) is 6.82. The van der Waals surface area contributed by atoms with Gasteiger partial charge in [-0.2, -0.15) is 0 Å². The number of alkyl carbamates (subject to hydrolysis) is 1. The molecule has 9 nitrogen and oxygen atoms in total. The van der Waals surface area contributed by atoms with E-state index < -0.39 is 41.6 Å². The van der Waals surface area contributed by atoms with E-state index >= 15 is 0 Å². The molecule has 4 unspecified atom stereocenters. The van der Waals surface area contributed by atoms with Crippen molar-refractivity contribution in [3.05, 3.63) is 71.3 Å². The number of amides is 3. The number of methoxy groups -OCH3 is 1. The molecule has 1 aliphatic rings. The summed E-state index contributed by atoms with van der Waals surface area (Å²) in [6, 6.07) is 14.7. The van der Waals surface area contributed by atoms with Crippen LogP contribution in [0.3, 0.4) is 0 Å². The van der Waals surface area contributed by atoms with Crippen LogP contribution in [0.4, 0.5) is 4.79 Å². The van der Waals surface area contributed by atoms with E-state index in [-0.39, 0.29) is 24.9 Å². The smallest absolute Gasteiger partial charge is 0.408 e. The van der Waals surface area contributed by atoms with E-state index in [2.05, 4.69) is 10.6 Å². The minimum atomic E-state index is -1.02. The van der Waals surface area contributed by atoms with E-state index in [1.165, 1.54) is 7.11 Å². The lowest BCUT2D eigenvalue weighted by Crippen LogP contribution is -2.55. The molecular formula is C31H41N3O6. The lowest BCUT2D eigenvalue weighted by molar-refractivity contribution is -0.145. The number of nitrogens with one attached hydrogen (secondary N) is 2. The van der Waals surface area contributed by atoms with Crippen LogP contribution in [0.2, 0.25) is 0 Å².